The number of nitriles is 1. The van der Waals surface area contributed by atoms with Crippen molar-refractivity contribution < 1.29 is 23.4 Å². The van der Waals surface area contributed by atoms with Crippen LogP contribution >= 0.6 is 23.2 Å². The highest BCUT2D eigenvalue weighted by molar-refractivity contribution is 6.35. The maximum Gasteiger partial charge on any atom is 0.379 e. The van der Waals surface area contributed by atoms with Crippen molar-refractivity contribution in [3.05, 3.63) is 134 Å². The third-order valence-electron chi connectivity index (χ3n) is 7.05. The fourth-order valence-corrected chi connectivity index (χ4v) is 5.38. The molecule has 0 fully saturated rings. The van der Waals surface area contributed by atoms with E-state index in [1.165, 1.54) is 0 Å². The molecule has 6 rings (SSSR count). The van der Waals surface area contributed by atoms with Crippen LogP contribution in [0.4, 0.5) is 0 Å². The first-order valence-corrected chi connectivity index (χ1v) is 13.7. The van der Waals surface area contributed by atoms with E-state index in [0.717, 1.165) is 16.5 Å². The van der Waals surface area contributed by atoms with Crippen LogP contribution in [0.5, 0.6) is 17.2 Å². The summed E-state index contributed by atoms with van der Waals surface area (Å²) < 4.78 is 23.1. The van der Waals surface area contributed by atoms with Gasteiger partial charge in [0.1, 0.15) is 41.1 Å². The Kier molecular flexibility index (Phi) is 7.26. The molecule has 9 heteroatoms. The van der Waals surface area contributed by atoms with Crippen molar-refractivity contribution in [3.8, 4) is 23.3 Å². The van der Waals surface area contributed by atoms with E-state index >= 15 is 0 Å². The maximum absolute atomic E-state index is 13.0. The summed E-state index contributed by atoms with van der Waals surface area (Å²) in [4.78, 5) is 13.0. The summed E-state index contributed by atoms with van der Waals surface area (Å²) >= 11 is 12.2. The first kappa shape index (κ1) is 27.3. The van der Waals surface area contributed by atoms with Crippen molar-refractivity contribution in [2.75, 3.05) is 0 Å². The first-order chi connectivity index (χ1) is 20.3. The molecule has 0 radical (unpaired) electrons. The smallest absolute Gasteiger partial charge is 0.379 e. The number of benzene rings is 4. The topological polar surface area (TPSA) is 108 Å². The average Bonchev–Trinajstić information content (AvgIpc) is 3.33. The van der Waals surface area contributed by atoms with Gasteiger partial charge in [-0.05, 0) is 48.9 Å². The van der Waals surface area contributed by atoms with E-state index < -0.39 is 11.9 Å². The summed E-state index contributed by atoms with van der Waals surface area (Å²) in [5.74, 6) is 0.212. The molecule has 2 N–H and O–H groups in total. The summed E-state index contributed by atoms with van der Waals surface area (Å²) in [7, 11) is 0. The molecule has 42 heavy (non-hydrogen) atoms. The van der Waals surface area contributed by atoms with Gasteiger partial charge in [0.05, 0.1) is 5.92 Å². The molecule has 1 unspecified atom stereocenters. The van der Waals surface area contributed by atoms with Crippen LogP contribution in [0.2, 0.25) is 10.0 Å². The zero-order chi connectivity index (χ0) is 29.4. The van der Waals surface area contributed by atoms with Crippen LogP contribution in [0.25, 0.3) is 11.0 Å². The van der Waals surface area contributed by atoms with Crippen LogP contribution in [0, 0.1) is 18.3 Å². The average molecular weight is 597 g/mol. The lowest BCUT2D eigenvalue weighted by molar-refractivity contribution is 0.0702. The lowest BCUT2D eigenvalue weighted by atomic mass is 9.83. The standard InChI is InChI=1S/C33H22Cl2N2O5/c1-18-24-4-2-3-5-28(24)41-31(18)33(38)40-23-12-13-25-29(15-23)42-32(37)26(16-36)30(25)19-7-10-22(11-8-19)39-17-20-6-9-21(34)14-27(20)35/h2-15,30H,17,37H2,1H3. The molecule has 0 saturated carbocycles. The number of halogens is 2. The van der Waals surface area contributed by atoms with Crippen LogP contribution in [-0.2, 0) is 6.61 Å². The summed E-state index contributed by atoms with van der Waals surface area (Å²) in [6, 6.07) is 27.1. The van der Waals surface area contributed by atoms with Gasteiger partial charge in [-0.3, -0.25) is 0 Å². The fourth-order valence-electron chi connectivity index (χ4n) is 4.92. The van der Waals surface area contributed by atoms with Gasteiger partial charge in [0, 0.05) is 38.2 Å². The highest BCUT2D eigenvalue weighted by Gasteiger charge is 2.31. The summed E-state index contributed by atoms with van der Waals surface area (Å²) in [5, 5.41) is 11.8. The molecule has 0 bridgehead atoms. The highest BCUT2D eigenvalue weighted by Crippen LogP contribution is 2.44. The number of nitrogens with zero attached hydrogens (tertiary/aromatic N) is 1. The van der Waals surface area contributed by atoms with Gasteiger partial charge in [-0.2, -0.15) is 5.26 Å². The van der Waals surface area contributed by atoms with Crippen molar-refractivity contribution in [1.29, 1.82) is 5.26 Å². The van der Waals surface area contributed by atoms with Crippen LogP contribution < -0.4 is 19.9 Å². The number of furan rings is 1. The minimum absolute atomic E-state index is 0.0238. The van der Waals surface area contributed by atoms with Gasteiger partial charge in [-0.15, -0.1) is 0 Å². The number of nitrogens with two attached hydrogens (primary N) is 1. The number of ether oxygens (including phenoxy) is 3. The zero-order valence-corrected chi connectivity index (χ0v) is 23.7. The molecule has 0 spiro atoms. The Bertz CT molecular complexity index is 1920. The minimum atomic E-state index is -0.632. The number of hydrogen-bond donors (Lipinski definition) is 1. The van der Waals surface area contributed by atoms with Crippen LogP contribution in [-0.4, -0.2) is 5.97 Å². The monoisotopic (exact) mass is 596 g/mol. The Morgan fingerprint density at radius 3 is 2.50 bits per heavy atom. The number of carbonyl (C=O) groups is 1. The second-order valence-electron chi connectivity index (χ2n) is 9.66. The molecule has 4 aromatic carbocycles. The third-order valence-corrected chi connectivity index (χ3v) is 7.64. The number of aryl methyl sites for hydroxylation is 1. The molecule has 0 saturated heterocycles. The van der Waals surface area contributed by atoms with E-state index in [0.29, 0.717) is 38.3 Å². The van der Waals surface area contributed by atoms with Gasteiger partial charge in [0.25, 0.3) is 0 Å². The fraction of sp³-hybridized carbons (Fsp3) is 0.0909. The number of para-hydroxylation sites is 1. The Hall–Kier alpha value is -4.90. The van der Waals surface area contributed by atoms with Crippen molar-refractivity contribution >= 4 is 40.1 Å². The third kappa shape index (κ3) is 5.14. The minimum Gasteiger partial charge on any atom is -0.489 e. The predicted octanol–water partition coefficient (Wildman–Crippen LogP) is 8.06. The SMILES string of the molecule is Cc1c(C(=O)Oc2ccc3c(c2)OC(N)=C(C#N)C3c2ccc(OCc3ccc(Cl)cc3Cl)cc2)oc2ccccc12. The van der Waals surface area contributed by atoms with E-state index in [1.807, 2.05) is 48.5 Å². The molecule has 1 aliphatic rings. The summed E-state index contributed by atoms with van der Waals surface area (Å²) in [6.45, 7) is 2.07. The van der Waals surface area contributed by atoms with Gasteiger partial charge in [0.2, 0.25) is 11.6 Å². The number of rotatable bonds is 6. The molecule has 5 aromatic rings. The molecular weight excluding hydrogens is 575 g/mol. The highest BCUT2D eigenvalue weighted by atomic mass is 35.5. The van der Waals surface area contributed by atoms with E-state index in [-0.39, 0.29) is 29.6 Å². The number of carbonyl (C=O) groups excluding carboxylic acids is 1. The summed E-state index contributed by atoms with van der Waals surface area (Å²) in [5.41, 5.74) is 10.0. The number of hydrogen-bond acceptors (Lipinski definition) is 7. The van der Waals surface area contributed by atoms with Crippen LogP contribution in [0.1, 0.15) is 38.7 Å². The number of esters is 1. The first-order valence-electron chi connectivity index (χ1n) is 12.9. The van der Waals surface area contributed by atoms with Gasteiger partial charge >= 0.3 is 5.97 Å². The van der Waals surface area contributed by atoms with Crippen molar-refractivity contribution in [2.24, 2.45) is 5.73 Å². The normalized spacial score (nSPS) is 14.2. The second-order valence-corrected chi connectivity index (χ2v) is 10.5. The molecule has 0 aliphatic carbocycles. The van der Waals surface area contributed by atoms with E-state index in [2.05, 4.69) is 6.07 Å². The molecule has 1 aromatic heterocycles. The lowest BCUT2D eigenvalue weighted by Crippen LogP contribution is -2.21. The Balaban J connectivity index is 1.24. The van der Waals surface area contributed by atoms with E-state index in [4.69, 9.17) is 47.6 Å². The van der Waals surface area contributed by atoms with Gasteiger partial charge in [0.15, 0.2) is 0 Å². The van der Waals surface area contributed by atoms with E-state index in [9.17, 15) is 10.1 Å². The van der Waals surface area contributed by atoms with Gasteiger partial charge in [-0.1, -0.05) is 65.7 Å². The largest absolute Gasteiger partial charge is 0.489 e. The van der Waals surface area contributed by atoms with Gasteiger partial charge < -0.3 is 24.4 Å². The molecule has 1 atom stereocenters. The predicted molar refractivity (Wildman–Crippen MR) is 159 cm³/mol. The summed E-state index contributed by atoms with van der Waals surface area (Å²) in [6.07, 6.45) is 0. The molecule has 2 heterocycles. The zero-order valence-electron chi connectivity index (χ0n) is 22.2. The van der Waals surface area contributed by atoms with Crippen molar-refractivity contribution in [3.63, 3.8) is 0 Å². The van der Waals surface area contributed by atoms with Crippen molar-refractivity contribution in [1.82, 2.24) is 0 Å². The second kappa shape index (κ2) is 11.2. The van der Waals surface area contributed by atoms with E-state index in [1.54, 1.807) is 43.3 Å². The van der Waals surface area contributed by atoms with Crippen molar-refractivity contribution in [2.45, 2.75) is 19.4 Å². The Labute approximate surface area is 251 Å². The quantitative estimate of drug-likeness (QED) is 0.156. The molecule has 7 nitrogen and oxygen atoms in total. The van der Waals surface area contributed by atoms with Gasteiger partial charge in [-0.25, -0.2) is 4.79 Å². The molecular formula is C33H22Cl2N2O5. The molecule has 0 amide bonds. The number of allylic oxidation sites excluding steroid dienone is 1. The maximum atomic E-state index is 13.0. The van der Waals surface area contributed by atoms with Crippen LogP contribution in [0.15, 0.2) is 101 Å². The lowest BCUT2D eigenvalue weighted by Gasteiger charge is -2.26. The molecule has 208 valence electrons. The number of fused-ring (bicyclic) bond motifs is 2. The Morgan fingerprint density at radius 1 is 1.00 bits per heavy atom. The van der Waals surface area contributed by atoms with Crippen LogP contribution in [0.3, 0.4) is 0 Å². The molecule has 1 aliphatic heterocycles. The Morgan fingerprint density at radius 2 is 1.76 bits per heavy atom.